The Hall–Kier alpha value is -3.17. The molecule has 0 aliphatic carbocycles. The highest BCUT2D eigenvalue weighted by molar-refractivity contribution is 8.02. The molecule has 1 unspecified atom stereocenters. The smallest absolute Gasteiger partial charge is 0.254 e. The van der Waals surface area contributed by atoms with E-state index in [1.54, 1.807) is 6.07 Å². The number of benzene rings is 3. The van der Waals surface area contributed by atoms with Crippen LogP contribution in [0.2, 0.25) is 10.0 Å². The number of para-hydroxylation sites is 1. The third kappa shape index (κ3) is 5.15. The van der Waals surface area contributed by atoms with E-state index in [0.717, 1.165) is 5.56 Å². The van der Waals surface area contributed by atoms with Crippen molar-refractivity contribution in [3.05, 3.63) is 122 Å². The van der Waals surface area contributed by atoms with Crippen LogP contribution in [0.15, 0.2) is 101 Å². The third-order valence-electron chi connectivity index (χ3n) is 5.47. The van der Waals surface area contributed by atoms with Gasteiger partial charge in [-0.15, -0.1) is 11.8 Å². The molecular weight excluding hydrogens is 485 g/mol. The lowest BCUT2D eigenvalue weighted by molar-refractivity contribution is -0.113. The fraction of sp³-hybridized carbons (Fsp3) is 0.111. The highest BCUT2D eigenvalue weighted by Crippen LogP contribution is 2.43. The quantitative estimate of drug-likeness (QED) is 0.369. The zero-order valence-corrected chi connectivity index (χ0v) is 20.6. The molecule has 7 heteroatoms. The average Bonchev–Trinajstić information content (AvgIpc) is 2.84. The molecule has 0 spiro atoms. The zero-order chi connectivity index (χ0) is 24.1. The number of hydrogen-bond donors (Lipinski definition) is 2. The van der Waals surface area contributed by atoms with Gasteiger partial charge in [-0.05, 0) is 42.3 Å². The summed E-state index contributed by atoms with van der Waals surface area (Å²) in [6.45, 7) is 1.84. The van der Waals surface area contributed by atoms with Crippen LogP contribution in [-0.4, -0.2) is 5.91 Å². The first-order valence-electron chi connectivity index (χ1n) is 10.6. The maximum absolute atomic E-state index is 13.5. The summed E-state index contributed by atoms with van der Waals surface area (Å²) in [5.74, 6) is -0.331. The van der Waals surface area contributed by atoms with Crippen LogP contribution in [0, 0.1) is 11.3 Å². The summed E-state index contributed by atoms with van der Waals surface area (Å²) in [5.41, 5.74) is 3.90. The van der Waals surface area contributed by atoms with Gasteiger partial charge in [-0.1, -0.05) is 77.8 Å². The first-order chi connectivity index (χ1) is 16.5. The van der Waals surface area contributed by atoms with Crippen molar-refractivity contribution in [3.63, 3.8) is 0 Å². The lowest BCUT2D eigenvalue weighted by Crippen LogP contribution is -2.30. The number of amides is 1. The van der Waals surface area contributed by atoms with Gasteiger partial charge >= 0.3 is 0 Å². The van der Waals surface area contributed by atoms with Crippen LogP contribution < -0.4 is 10.6 Å². The number of nitriles is 1. The molecule has 1 atom stereocenters. The van der Waals surface area contributed by atoms with Gasteiger partial charge in [0.1, 0.15) is 0 Å². The Morgan fingerprint density at radius 2 is 1.65 bits per heavy atom. The molecule has 3 aromatic carbocycles. The van der Waals surface area contributed by atoms with Crippen LogP contribution in [0.25, 0.3) is 0 Å². The normalized spacial score (nSPS) is 15.5. The van der Waals surface area contributed by atoms with Crippen molar-refractivity contribution in [2.75, 3.05) is 5.32 Å². The van der Waals surface area contributed by atoms with E-state index in [2.05, 4.69) is 16.7 Å². The van der Waals surface area contributed by atoms with E-state index in [0.29, 0.717) is 48.9 Å². The summed E-state index contributed by atoms with van der Waals surface area (Å²) < 4.78 is 0. The lowest BCUT2D eigenvalue weighted by atomic mass is 9.82. The summed E-state index contributed by atoms with van der Waals surface area (Å²) in [4.78, 5) is 13.5. The fourth-order valence-corrected chi connectivity index (χ4v) is 5.46. The molecule has 0 fully saturated rings. The Labute approximate surface area is 213 Å². The minimum atomic E-state index is -0.614. The molecule has 1 aliphatic heterocycles. The van der Waals surface area contributed by atoms with Gasteiger partial charge in [-0.2, -0.15) is 5.26 Å². The Kier molecular flexibility index (Phi) is 7.64. The van der Waals surface area contributed by atoms with Gasteiger partial charge in [0.05, 0.1) is 22.6 Å². The second-order valence-corrected chi connectivity index (χ2v) is 9.47. The summed E-state index contributed by atoms with van der Waals surface area (Å²) in [6, 6.07) is 26.5. The summed E-state index contributed by atoms with van der Waals surface area (Å²) >= 11 is 14.4. The number of carbonyl (C=O) groups excluding carboxylic acids is 1. The van der Waals surface area contributed by atoms with Crippen molar-refractivity contribution >= 4 is 46.6 Å². The van der Waals surface area contributed by atoms with Crippen molar-refractivity contribution in [2.45, 2.75) is 18.6 Å². The van der Waals surface area contributed by atoms with E-state index < -0.39 is 5.92 Å². The molecule has 0 radical (unpaired) electrons. The predicted octanol–water partition coefficient (Wildman–Crippen LogP) is 7.26. The molecular formula is C27H21Cl2N3OS. The van der Waals surface area contributed by atoms with E-state index in [1.807, 2.05) is 79.7 Å². The molecule has 3 aromatic rings. The third-order valence-corrected chi connectivity index (χ3v) is 7.25. The first kappa shape index (κ1) is 24.0. The van der Waals surface area contributed by atoms with Crippen LogP contribution >= 0.6 is 35.0 Å². The molecule has 0 saturated heterocycles. The summed E-state index contributed by atoms with van der Waals surface area (Å²) in [5, 5.41) is 18.3. The SMILES string of the molecule is CC1=C(C(=O)Nc2ccccc2)C(c2ccccc2Cl)C(C#N)=C(SCc2ccccc2Cl)N1. The predicted molar refractivity (Wildman–Crippen MR) is 140 cm³/mol. The molecule has 34 heavy (non-hydrogen) atoms. The minimum absolute atomic E-state index is 0.288. The Morgan fingerprint density at radius 3 is 2.32 bits per heavy atom. The van der Waals surface area contributed by atoms with E-state index in [-0.39, 0.29) is 5.91 Å². The van der Waals surface area contributed by atoms with Crippen molar-refractivity contribution < 1.29 is 4.79 Å². The van der Waals surface area contributed by atoms with Crippen LogP contribution in [0.4, 0.5) is 5.69 Å². The second kappa shape index (κ2) is 10.8. The number of halogens is 2. The maximum Gasteiger partial charge on any atom is 0.254 e. The molecule has 4 rings (SSSR count). The molecule has 1 heterocycles. The van der Waals surface area contributed by atoms with Crippen molar-refractivity contribution in [1.29, 1.82) is 5.26 Å². The van der Waals surface area contributed by atoms with Crippen LogP contribution in [0.3, 0.4) is 0 Å². The van der Waals surface area contributed by atoms with E-state index in [9.17, 15) is 10.1 Å². The number of allylic oxidation sites excluding steroid dienone is 2. The first-order valence-corrected chi connectivity index (χ1v) is 12.3. The molecule has 170 valence electrons. The van der Waals surface area contributed by atoms with E-state index >= 15 is 0 Å². The van der Waals surface area contributed by atoms with Crippen LogP contribution in [-0.2, 0) is 10.5 Å². The highest BCUT2D eigenvalue weighted by Gasteiger charge is 2.35. The number of nitrogens with zero attached hydrogens (tertiary/aromatic N) is 1. The summed E-state index contributed by atoms with van der Waals surface area (Å²) in [7, 11) is 0. The van der Waals surface area contributed by atoms with Gasteiger partial charge in [0.25, 0.3) is 5.91 Å². The zero-order valence-electron chi connectivity index (χ0n) is 18.3. The molecule has 1 amide bonds. The van der Waals surface area contributed by atoms with Crippen LogP contribution in [0.5, 0.6) is 0 Å². The van der Waals surface area contributed by atoms with Gasteiger partial charge in [0.2, 0.25) is 0 Å². The monoisotopic (exact) mass is 505 g/mol. The Balaban J connectivity index is 1.75. The fourth-order valence-electron chi connectivity index (χ4n) is 3.83. The second-order valence-electron chi connectivity index (χ2n) is 7.67. The van der Waals surface area contributed by atoms with Gasteiger partial charge in [-0.3, -0.25) is 4.79 Å². The van der Waals surface area contributed by atoms with Gasteiger partial charge in [-0.25, -0.2) is 0 Å². The van der Waals surface area contributed by atoms with Crippen LogP contribution in [0.1, 0.15) is 24.0 Å². The maximum atomic E-state index is 13.5. The molecule has 0 saturated carbocycles. The van der Waals surface area contributed by atoms with Crippen molar-refractivity contribution in [2.24, 2.45) is 0 Å². The number of anilines is 1. The number of nitrogens with one attached hydrogen (secondary N) is 2. The topological polar surface area (TPSA) is 64.9 Å². The number of rotatable bonds is 6. The Morgan fingerprint density at radius 1 is 1.00 bits per heavy atom. The molecule has 4 nitrogen and oxygen atoms in total. The van der Waals surface area contributed by atoms with Crippen molar-refractivity contribution in [3.8, 4) is 6.07 Å². The molecule has 0 bridgehead atoms. The van der Waals surface area contributed by atoms with Gasteiger partial charge in [0.15, 0.2) is 0 Å². The standard InChI is InChI=1S/C27H21Cl2N3OS/c1-17-24(26(33)32-19-10-3-2-4-11-19)25(20-12-6-8-14-23(20)29)21(15-30)27(31-17)34-16-18-9-5-7-13-22(18)28/h2-14,25,31H,16H2,1H3,(H,32,33). The molecule has 1 aliphatic rings. The number of dihydropyridines is 1. The number of hydrogen-bond acceptors (Lipinski definition) is 4. The van der Waals surface area contributed by atoms with Gasteiger partial charge < -0.3 is 10.6 Å². The molecule has 0 aromatic heterocycles. The number of carbonyl (C=O) groups is 1. The highest BCUT2D eigenvalue weighted by atomic mass is 35.5. The van der Waals surface area contributed by atoms with E-state index in [1.165, 1.54) is 11.8 Å². The lowest BCUT2D eigenvalue weighted by Gasteiger charge is -2.30. The number of thioether (sulfide) groups is 1. The molecule has 2 N–H and O–H groups in total. The Bertz CT molecular complexity index is 1330. The van der Waals surface area contributed by atoms with Crippen molar-refractivity contribution in [1.82, 2.24) is 5.32 Å². The van der Waals surface area contributed by atoms with Gasteiger partial charge in [0, 0.05) is 32.8 Å². The summed E-state index contributed by atoms with van der Waals surface area (Å²) in [6.07, 6.45) is 0. The minimum Gasteiger partial charge on any atom is -0.353 e. The largest absolute Gasteiger partial charge is 0.353 e. The average molecular weight is 506 g/mol. The van der Waals surface area contributed by atoms with E-state index in [4.69, 9.17) is 23.2 Å².